The van der Waals surface area contributed by atoms with Crippen molar-refractivity contribution in [3.8, 4) is 5.75 Å². The largest absolute Gasteiger partial charge is 0.495 e. The number of ether oxygens (including phenoxy) is 1. The third kappa shape index (κ3) is 3.94. The Hall–Kier alpha value is -2.24. The summed E-state index contributed by atoms with van der Waals surface area (Å²) in [5.41, 5.74) is 1.41. The quantitative estimate of drug-likeness (QED) is 0.844. The molecule has 136 valence electrons. The van der Waals surface area contributed by atoms with E-state index in [0.717, 1.165) is 5.56 Å². The van der Waals surface area contributed by atoms with Gasteiger partial charge in [0.1, 0.15) is 5.75 Å². The van der Waals surface area contributed by atoms with Crippen molar-refractivity contribution in [1.82, 2.24) is 5.32 Å². The fraction of sp³-hybridized carbons (Fsp3) is 0.263. The van der Waals surface area contributed by atoms with Crippen molar-refractivity contribution in [2.24, 2.45) is 5.92 Å². The van der Waals surface area contributed by atoms with Crippen molar-refractivity contribution in [2.45, 2.75) is 13.0 Å². The number of hydrogen-bond acceptors (Lipinski definition) is 3. The van der Waals surface area contributed by atoms with Gasteiger partial charge in [-0.2, -0.15) is 0 Å². The van der Waals surface area contributed by atoms with E-state index >= 15 is 0 Å². The van der Waals surface area contributed by atoms with Gasteiger partial charge in [0.15, 0.2) is 0 Å². The molecule has 0 aromatic heterocycles. The fourth-order valence-electron chi connectivity index (χ4n) is 2.97. The number of benzene rings is 2. The van der Waals surface area contributed by atoms with E-state index in [0.29, 0.717) is 28.0 Å². The van der Waals surface area contributed by atoms with Crippen LogP contribution in [0.2, 0.25) is 10.0 Å². The molecule has 1 atom stereocenters. The molecule has 2 aromatic carbocycles. The Balaban J connectivity index is 1.66. The minimum absolute atomic E-state index is 0.101. The molecule has 1 unspecified atom stereocenters. The van der Waals surface area contributed by atoms with Crippen molar-refractivity contribution in [2.75, 3.05) is 18.6 Å². The zero-order chi connectivity index (χ0) is 18.7. The summed E-state index contributed by atoms with van der Waals surface area (Å²) in [6, 6.07) is 12.4. The number of para-hydroxylation sites is 2. The molecule has 2 amide bonds. The Kier molecular flexibility index (Phi) is 5.69. The monoisotopic (exact) mass is 392 g/mol. The van der Waals surface area contributed by atoms with Crippen LogP contribution >= 0.6 is 23.2 Å². The van der Waals surface area contributed by atoms with E-state index in [9.17, 15) is 9.59 Å². The van der Waals surface area contributed by atoms with Crippen LogP contribution in [0, 0.1) is 5.92 Å². The first-order valence-electron chi connectivity index (χ1n) is 8.14. The molecule has 0 saturated carbocycles. The van der Waals surface area contributed by atoms with Gasteiger partial charge >= 0.3 is 0 Å². The van der Waals surface area contributed by atoms with Gasteiger partial charge in [0, 0.05) is 29.6 Å². The number of nitrogens with one attached hydrogen (secondary N) is 1. The van der Waals surface area contributed by atoms with Gasteiger partial charge in [0.25, 0.3) is 0 Å². The first-order chi connectivity index (χ1) is 12.5. The minimum atomic E-state index is -0.426. The number of amides is 2. The molecule has 26 heavy (non-hydrogen) atoms. The van der Waals surface area contributed by atoms with Crippen LogP contribution in [-0.2, 0) is 16.1 Å². The number of nitrogens with zero attached hydrogens (tertiary/aromatic N) is 1. The maximum atomic E-state index is 12.5. The molecule has 7 heteroatoms. The maximum Gasteiger partial charge on any atom is 0.227 e. The lowest BCUT2D eigenvalue weighted by molar-refractivity contribution is -0.126. The van der Waals surface area contributed by atoms with Crippen LogP contribution in [0.4, 0.5) is 5.69 Å². The Morgan fingerprint density at radius 3 is 2.81 bits per heavy atom. The lowest BCUT2D eigenvalue weighted by Gasteiger charge is -2.19. The molecule has 1 aliphatic rings. The van der Waals surface area contributed by atoms with E-state index < -0.39 is 5.92 Å². The van der Waals surface area contributed by atoms with Crippen LogP contribution in [0.5, 0.6) is 5.75 Å². The second kappa shape index (κ2) is 7.98. The SMILES string of the molecule is COc1ccccc1N1CC(C(=O)NCc2cc(Cl)ccc2Cl)CC1=O. The molecule has 0 radical (unpaired) electrons. The van der Waals surface area contributed by atoms with Gasteiger partial charge in [-0.3, -0.25) is 9.59 Å². The zero-order valence-corrected chi connectivity index (χ0v) is 15.7. The van der Waals surface area contributed by atoms with Gasteiger partial charge in [-0.05, 0) is 35.9 Å². The Morgan fingerprint density at radius 1 is 1.27 bits per heavy atom. The van der Waals surface area contributed by atoms with Gasteiger partial charge in [-0.15, -0.1) is 0 Å². The van der Waals surface area contributed by atoms with Crippen LogP contribution in [-0.4, -0.2) is 25.5 Å². The van der Waals surface area contributed by atoms with Gasteiger partial charge in [0.2, 0.25) is 11.8 Å². The van der Waals surface area contributed by atoms with Crippen molar-refractivity contribution in [3.05, 3.63) is 58.1 Å². The van der Waals surface area contributed by atoms with Crippen molar-refractivity contribution in [1.29, 1.82) is 0 Å². The average Bonchev–Trinajstić information content (AvgIpc) is 3.03. The van der Waals surface area contributed by atoms with E-state index in [1.54, 1.807) is 36.3 Å². The minimum Gasteiger partial charge on any atom is -0.495 e. The molecule has 1 saturated heterocycles. The molecule has 1 N–H and O–H groups in total. The number of carbonyl (C=O) groups is 2. The summed E-state index contributed by atoms with van der Waals surface area (Å²) in [6.45, 7) is 0.575. The molecule has 3 rings (SSSR count). The number of halogens is 2. The third-order valence-electron chi connectivity index (χ3n) is 4.33. The fourth-order valence-corrected chi connectivity index (χ4v) is 3.35. The number of rotatable bonds is 5. The van der Waals surface area contributed by atoms with Crippen LogP contribution < -0.4 is 15.0 Å². The average molecular weight is 393 g/mol. The third-order valence-corrected chi connectivity index (χ3v) is 4.94. The van der Waals surface area contributed by atoms with Crippen molar-refractivity contribution < 1.29 is 14.3 Å². The summed E-state index contributed by atoms with van der Waals surface area (Å²) in [5, 5.41) is 3.93. The molecule has 1 fully saturated rings. The van der Waals surface area contributed by atoms with E-state index in [4.69, 9.17) is 27.9 Å². The van der Waals surface area contributed by atoms with Crippen LogP contribution in [0.3, 0.4) is 0 Å². The van der Waals surface area contributed by atoms with E-state index in [1.165, 1.54) is 0 Å². The lowest BCUT2D eigenvalue weighted by atomic mass is 10.1. The van der Waals surface area contributed by atoms with Gasteiger partial charge < -0.3 is 15.0 Å². The number of carbonyl (C=O) groups excluding carboxylic acids is 2. The van der Waals surface area contributed by atoms with Gasteiger partial charge in [-0.25, -0.2) is 0 Å². The highest BCUT2D eigenvalue weighted by Gasteiger charge is 2.36. The van der Waals surface area contributed by atoms with Gasteiger partial charge in [-0.1, -0.05) is 35.3 Å². The summed E-state index contributed by atoms with van der Waals surface area (Å²) in [5.74, 6) is -0.111. The summed E-state index contributed by atoms with van der Waals surface area (Å²) < 4.78 is 5.31. The Morgan fingerprint density at radius 2 is 2.04 bits per heavy atom. The highest BCUT2D eigenvalue weighted by Crippen LogP contribution is 2.32. The molecule has 2 aromatic rings. The summed E-state index contributed by atoms with van der Waals surface area (Å²) >= 11 is 12.1. The number of hydrogen-bond donors (Lipinski definition) is 1. The Labute approximate surface area is 161 Å². The van der Waals surface area contributed by atoms with Crippen molar-refractivity contribution in [3.63, 3.8) is 0 Å². The summed E-state index contributed by atoms with van der Waals surface area (Å²) in [7, 11) is 1.55. The second-order valence-corrected chi connectivity index (χ2v) is 6.87. The normalized spacial score (nSPS) is 16.7. The predicted molar refractivity (Wildman–Crippen MR) is 102 cm³/mol. The van der Waals surface area contributed by atoms with E-state index in [1.807, 2.05) is 18.2 Å². The molecular weight excluding hydrogens is 375 g/mol. The molecule has 0 aliphatic carbocycles. The smallest absolute Gasteiger partial charge is 0.227 e. The second-order valence-electron chi connectivity index (χ2n) is 6.03. The molecule has 1 aliphatic heterocycles. The highest BCUT2D eigenvalue weighted by molar-refractivity contribution is 6.33. The molecule has 0 bridgehead atoms. The van der Waals surface area contributed by atoms with E-state index in [-0.39, 0.29) is 24.8 Å². The van der Waals surface area contributed by atoms with Gasteiger partial charge in [0.05, 0.1) is 18.7 Å². The summed E-state index contributed by atoms with van der Waals surface area (Å²) in [4.78, 5) is 26.5. The molecule has 5 nitrogen and oxygen atoms in total. The summed E-state index contributed by atoms with van der Waals surface area (Å²) in [6.07, 6.45) is 0.160. The molecular formula is C19H18Cl2N2O3. The van der Waals surface area contributed by atoms with Crippen LogP contribution in [0.25, 0.3) is 0 Å². The molecule has 0 spiro atoms. The van der Waals surface area contributed by atoms with Crippen LogP contribution in [0.15, 0.2) is 42.5 Å². The zero-order valence-electron chi connectivity index (χ0n) is 14.2. The van der Waals surface area contributed by atoms with Crippen LogP contribution in [0.1, 0.15) is 12.0 Å². The highest BCUT2D eigenvalue weighted by atomic mass is 35.5. The first kappa shape index (κ1) is 18.5. The maximum absolute atomic E-state index is 12.5. The molecule has 1 heterocycles. The lowest BCUT2D eigenvalue weighted by Crippen LogP contribution is -2.32. The predicted octanol–water partition coefficient (Wildman–Crippen LogP) is 3.67. The number of methoxy groups -OCH3 is 1. The standard InChI is InChI=1S/C19H18Cl2N2O3/c1-26-17-5-3-2-4-16(17)23-11-13(9-18(23)24)19(25)22-10-12-8-14(20)6-7-15(12)21/h2-8,13H,9-11H2,1H3,(H,22,25). The Bertz CT molecular complexity index is 841. The van der Waals surface area contributed by atoms with Crippen molar-refractivity contribution >= 4 is 40.7 Å². The number of anilines is 1. The first-order valence-corrected chi connectivity index (χ1v) is 8.90. The topological polar surface area (TPSA) is 58.6 Å². The van der Waals surface area contributed by atoms with E-state index in [2.05, 4.69) is 5.32 Å².